The van der Waals surface area contributed by atoms with E-state index in [9.17, 15) is 13.2 Å². The Morgan fingerprint density at radius 3 is 2.38 bits per heavy atom. The fourth-order valence-electron chi connectivity index (χ4n) is 5.18. The molecule has 7 nitrogen and oxygen atoms in total. The van der Waals surface area contributed by atoms with Crippen molar-refractivity contribution in [2.75, 3.05) is 23.7 Å². The molecule has 2 aliphatic rings. The molecule has 0 saturated carbocycles. The molecule has 2 aliphatic heterocycles. The van der Waals surface area contributed by atoms with Crippen molar-refractivity contribution >= 4 is 21.6 Å². The van der Waals surface area contributed by atoms with E-state index < -0.39 is 16.1 Å². The van der Waals surface area contributed by atoms with Crippen LogP contribution in [0.5, 0.6) is 5.75 Å². The number of ether oxygens (including phenoxy) is 1. The van der Waals surface area contributed by atoms with E-state index in [1.165, 1.54) is 21.0 Å². The lowest BCUT2D eigenvalue weighted by Gasteiger charge is -2.35. The van der Waals surface area contributed by atoms with Gasteiger partial charge >= 0.3 is 0 Å². The minimum Gasteiger partial charge on any atom is -0.476 e. The Bertz CT molecular complexity index is 1460. The average Bonchev–Trinajstić information content (AvgIpc) is 2.90. The number of carbonyl (C=O) groups excluding carboxylic acids is 1. The monoisotopic (exact) mass is 547 g/mol. The Balaban J connectivity index is 1.20. The van der Waals surface area contributed by atoms with Crippen LogP contribution in [0.1, 0.15) is 48.6 Å². The van der Waals surface area contributed by atoms with Gasteiger partial charge in [0, 0.05) is 26.2 Å². The van der Waals surface area contributed by atoms with Crippen LogP contribution in [-0.4, -0.2) is 44.7 Å². The van der Waals surface area contributed by atoms with Crippen molar-refractivity contribution in [2.24, 2.45) is 0 Å². The molecule has 206 valence electrons. The molecule has 0 aliphatic carbocycles. The Morgan fingerprint density at radius 2 is 1.69 bits per heavy atom. The minimum atomic E-state index is -3.60. The molecule has 1 unspecified atom stereocenters. The smallest absolute Gasteiger partial charge is 0.263 e. The van der Waals surface area contributed by atoms with Crippen molar-refractivity contribution < 1.29 is 17.9 Å². The fourth-order valence-corrected chi connectivity index (χ4v) is 6.09. The Kier molecular flexibility index (Phi) is 7.44. The molecule has 1 amide bonds. The van der Waals surface area contributed by atoms with E-state index in [-0.39, 0.29) is 17.9 Å². The van der Waals surface area contributed by atoms with Crippen LogP contribution in [0, 0.1) is 0 Å². The first-order valence-corrected chi connectivity index (χ1v) is 15.3. The van der Waals surface area contributed by atoms with Gasteiger partial charge < -0.3 is 10.1 Å². The van der Waals surface area contributed by atoms with Gasteiger partial charge in [-0.25, -0.2) is 8.42 Å². The van der Waals surface area contributed by atoms with Gasteiger partial charge in [-0.3, -0.25) is 14.0 Å². The van der Waals surface area contributed by atoms with E-state index in [4.69, 9.17) is 4.74 Å². The Labute approximate surface area is 231 Å². The second kappa shape index (κ2) is 10.7. The van der Waals surface area contributed by atoms with E-state index in [0.29, 0.717) is 18.0 Å². The first kappa shape index (κ1) is 27.2. The van der Waals surface area contributed by atoms with Gasteiger partial charge in [0.1, 0.15) is 5.75 Å². The molecule has 0 aromatic heterocycles. The van der Waals surface area contributed by atoms with Crippen LogP contribution < -0.4 is 14.4 Å². The number of fused-ring (bicyclic) bond motifs is 2. The largest absolute Gasteiger partial charge is 0.476 e. The van der Waals surface area contributed by atoms with Gasteiger partial charge in [0.15, 0.2) is 6.10 Å². The molecule has 39 heavy (non-hydrogen) atoms. The summed E-state index contributed by atoms with van der Waals surface area (Å²) in [5, 5.41) is 2.92. The molecule has 3 aromatic carbocycles. The zero-order valence-electron chi connectivity index (χ0n) is 23.1. The number of anilines is 1. The molecular formula is C31H37N3O4S. The number of benzene rings is 3. The van der Waals surface area contributed by atoms with Crippen LogP contribution in [-0.2, 0) is 46.3 Å². The normalized spacial score (nSPS) is 17.6. The lowest BCUT2D eigenvalue weighted by atomic mass is 9.86. The highest BCUT2D eigenvalue weighted by molar-refractivity contribution is 7.92. The molecule has 1 atom stereocenters. The summed E-state index contributed by atoms with van der Waals surface area (Å²) >= 11 is 0. The minimum absolute atomic E-state index is 0.0663. The van der Waals surface area contributed by atoms with Crippen LogP contribution in [0.15, 0.2) is 66.7 Å². The molecule has 0 saturated heterocycles. The van der Waals surface area contributed by atoms with Gasteiger partial charge in [-0.05, 0) is 51.8 Å². The Hall–Kier alpha value is -3.36. The lowest BCUT2D eigenvalue weighted by molar-refractivity contribution is -0.127. The summed E-state index contributed by atoms with van der Waals surface area (Å²) in [5.74, 6) is 0.0507. The number of hydrogen-bond acceptors (Lipinski definition) is 5. The summed E-state index contributed by atoms with van der Waals surface area (Å²) in [6.45, 7) is 9.36. The van der Waals surface area contributed by atoms with Crippen molar-refractivity contribution in [3.63, 3.8) is 0 Å². The average molecular weight is 548 g/mol. The molecule has 3 aromatic rings. The lowest BCUT2D eigenvalue weighted by Crippen LogP contribution is -2.50. The molecule has 8 heteroatoms. The zero-order valence-corrected chi connectivity index (χ0v) is 23.9. The third-order valence-electron chi connectivity index (χ3n) is 7.49. The summed E-state index contributed by atoms with van der Waals surface area (Å²) < 4.78 is 32.5. The summed E-state index contributed by atoms with van der Waals surface area (Å²) in [5.41, 5.74) is 6.37. The van der Waals surface area contributed by atoms with Crippen LogP contribution in [0.4, 0.5) is 5.69 Å². The van der Waals surface area contributed by atoms with Crippen LogP contribution in [0.25, 0.3) is 0 Å². The number of hydrogen-bond donors (Lipinski definition) is 1. The Morgan fingerprint density at radius 1 is 1.00 bits per heavy atom. The van der Waals surface area contributed by atoms with E-state index >= 15 is 0 Å². The van der Waals surface area contributed by atoms with E-state index in [1.54, 1.807) is 6.07 Å². The molecule has 0 radical (unpaired) electrons. The van der Waals surface area contributed by atoms with E-state index in [1.807, 2.05) is 24.3 Å². The molecular weight excluding hydrogens is 510 g/mol. The second-order valence-electron chi connectivity index (χ2n) is 11.6. The number of carbonyl (C=O) groups is 1. The van der Waals surface area contributed by atoms with Gasteiger partial charge in [-0.2, -0.15) is 0 Å². The molecule has 0 fully saturated rings. The zero-order chi connectivity index (χ0) is 27.8. The highest BCUT2D eigenvalue weighted by Crippen LogP contribution is 2.38. The van der Waals surface area contributed by atoms with Crippen LogP contribution >= 0.6 is 0 Å². The molecule has 5 rings (SSSR count). The van der Waals surface area contributed by atoms with Crippen molar-refractivity contribution in [1.29, 1.82) is 0 Å². The van der Waals surface area contributed by atoms with Crippen molar-refractivity contribution in [3.05, 3.63) is 94.5 Å². The summed E-state index contributed by atoms with van der Waals surface area (Å²) in [6.07, 6.45) is 1.29. The predicted octanol–water partition coefficient (Wildman–Crippen LogP) is 4.39. The number of rotatable bonds is 6. The van der Waals surface area contributed by atoms with Gasteiger partial charge in [0.25, 0.3) is 5.91 Å². The highest BCUT2D eigenvalue weighted by atomic mass is 32.2. The summed E-state index contributed by atoms with van der Waals surface area (Å²) in [4.78, 5) is 15.5. The molecule has 0 bridgehead atoms. The van der Waals surface area contributed by atoms with Crippen molar-refractivity contribution in [3.8, 4) is 5.75 Å². The highest BCUT2D eigenvalue weighted by Gasteiger charge is 2.35. The number of sulfonamides is 1. The number of nitrogens with zero attached hydrogens (tertiary/aromatic N) is 2. The quantitative estimate of drug-likeness (QED) is 0.495. The van der Waals surface area contributed by atoms with Gasteiger partial charge in [-0.15, -0.1) is 0 Å². The predicted molar refractivity (Wildman–Crippen MR) is 154 cm³/mol. The number of amides is 1. The van der Waals surface area contributed by atoms with Crippen molar-refractivity contribution in [1.82, 2.24) is 10.2 Å². The fraction of sp³-hybridized carbons (Fsp3) is 0.387. The molecule has 1 N–H and O–H groups in total. The third kappa shape index (κ3) is 6.28. The third-order valence-corrected chi connectivity index (χ3v) is 8.64. The molecule has 0 spiro atoms. The first-order valence-electron chi connectivity index (χ1n) is 13.4. The van der Waals surface area contributed by atoms with Gasteiger partial charge in [-0.1, -0.05) is 75.4 Å². The topological polar surface area (TPSA) is 79.0 Å². The second-order valence-corrected chi connectivity index (χ2v) is 13.5. The summed E-state index contributed by atoms with van der Waals surface area (Å²) in [6, 6.07) is 22.4. The van der Waals surface area contributed by atoms with Crippen LogP contribution in [0.2, 0.25) is 0 Å². The standard InChI is InChI=1S/C31H37N3O4S/c1-31(2,3)26-13-14-28-27(17-26)34(39(4,36)37)21-29(38-28)30(35)32-18-22-9-11-23(12-10-22)19-33-16-15-24-7-5-6-8-25(24)20-33/h5-14,17,29H,15-16,18-21H2,1-4H3,(H,32,35). The number of nitrogens with one attached hydrogen (secondary N) is 1. The maximum atomic E-state index is 13.0. The SMILES string of the molecule is CC(C)(C)c1ccc2c(c1)N(S(C)(=O)=O)CC(C(=O)NCc1ccc(CN3CCc4ccccc4C3)cc1)O2. The maximum Gasteiger partial charge on any atom is 0.263 e. The van der Waals surface area contributed by atoms with Crippen molar-refractivity contribution in [2.45, 2.75) is 58.3 Å². The van der Waals surface area contributed by atoms with E-state index in [0.717, 1.165) is 43.4 Å². The van der Waals surface area contributed by atoms with Gasteiger partial charge in [0.05, 0.1) is 18.5 Å². The molecule has 2 heterocycles. The first-order chi connectivity index (χ1) is 18.5. The maximum absolute atomic E-state index is 13.0. The summed E-state index contributed by atoms with van der Waals surface area (Å²) in [7, 11) is -3.60. The van der Waals surface area contributed by atoms with E-state index in [2.05, 4.69) is 67.4 Å². The van der Waals surface area contributed by atoms with Gasteiger partial charge in [0.2, 0.25) is 10.0 Å². The van der Waals surface area contributed by atoms with Crippen LogP contribution in [0.3, 0.4) is 0 Å².